The molecule has 0 aromatic heterocycles. The Kier molecular flexibility index (Phi) is 9.94. The zero-order chi connectivity index (χ0) is 43.0. The smallest absolute Gasteiger partial charge is 0.0540 e. The lowest BCUT2D eigenvalue weighted by Gasteiger charge is -2.30. The third-order valence-corrected chi connectivity index (χ3v) is 13.1. The van der Waals surface area contributed by atoms with Crippen LogP contribution < -0.4 is 4.90 Å². The van der Waals surface area contributed by atoms with Gasteiger partial charge in [0.2, 0.25) is 0 Å². The van der Waals surface area contributed by atoms with Gasteiger partial charge in [-0.05, 0) is 120 Å². The fourth-order valence-corrected chi connectivity index (χ4v) is 9.63. The SMILES string of the molecule is CC1(C)c2cc(-c3ccc(-c4ccc(-c5ccccc5)cc4)cc3)ccc2-c2ccc(N(c3ccc(-c4ccc(-c5ccccc5)cc4)cc3)c3ccccc3-c3ccccc3)cc21. The number of para-hydroxylation sites is 1. The van der Waals surface area contributed by atoms with Crippen LogP contribution in [-0.2, 0) is 5.41 Å². The van der Waals surface area contributed by atoms with E-state index >= 15 is 0 Å². The highest BCUT2D eigenvalue weighted by molar-refractivity contribution is 5.91. The molecule has 11 rings (SSSR count). The number of nitrogens with zero attached hydrogens (tertiary/aromatic N) is 1. The van der Waals surface area contributed by atoms with E-state index in [-0.39, 0.29) is 5.41 Å². The van der Waals surface area contributed by atoms with Crippen molar-refractivity contribution < 1.29 is 0 Å². The van der Waals surface area contributed by atoms with Crippen molar-refractivity contribution in [2.75, 3.05) is 4.90 Å². The zero-order valence-corrected chi connectivity index (χ0v) is 36.1. The van der Waals surface area contributed by atoms with Crippen LogP contribution in [0.4, 0.5) is 17.1 Å². The molecular weight excluding hydrogens is 771 g/mol. The molecule has 0 unspecified atom stereocenters. The van der Waals surface area contributed by atoms with Crippen molar-refractivity contribution in [2.45, 2.75) is 19.3 Å². The summed E-state index contributed by atoms with van der Waals surface area (Å²) >= 11 is 0. The summed E-state index contributed by atoms with van der Waals surface area (Å²) in [7, 11) is 0. The van der Waals surface area contributed by atoms with E-state index < -0.39 is 0 Å². The molecule has 0 saturated heterocycles. The fourth-order valence-electron chi connectivity index (χ4n) is 9.63. The summed E-state index contributed by atoms with van der Waals surface area (Å²) in [6.45, 7) is 4.76. The second-order valence-corrected chi connectivity index (χ2v) is 17.3. The predicted octanol–water partition coefficient (Wildman–Crippen LogP) is 17.5. The van der Waals surface area contributed by atoms with Gasteiger partial charge in [0, 0.05) is 22.4 Å². The second-order valence-electron chi connectivity index (χ2n) is 17.3. The van der Waals surface area contributed by atoms with E-state index in [0.29, 0.717) is 0 Å². The first kappa shape index (κ1) is 38.9. The van der Waals surface area contributed by atoms with Gasteiger partial charge in [0.15, 0.2) is 0 Å². The van der Waals surface area contributed by atoms with Crippen molar-refractivity contribution in [3.63, 3.8) is 0 Å². The minimum absolute atomic E-state index is 0.211. The number of hydrogen-bond donors (Lipinski definition) is 0. The van der Waals surface area contributed by atoms with Crippen LogP contribution in [0.15, 0.2) is 249 Å². The zero-order valence-electron chi connectivity index (χ0n) is 36.1. The third-order valence-electron chi connectivity index (χ3n) is 13.1. The van der Waals surface area contributed by atoms with Gasteiger partial charge in [-0.1, -0.05) is 226 Å². The topological polar surface area (TPSA) is 3.24 Å². The monoisotopic (exact) mass is 817 g/mol. The average molecular weight is 818 g/mol. The van der Waals surface area contributed by atoms with Gasteiger partial charge in [-0.25, -0.2) is 0 Å². The molecule has 0 bridgehead atoms. The van der Waals surface area contributed by atoms with Crippen molar-refractivity contribution in [1.82, 2.24) is 0 Å². The Morgan fingerprint density at radius 3 is 1.06 bits per heavy atom. The minimum Gasteiger partial charge on any atom is -0.310 e. The first-order valence-electron chi connectivity index (χ1n) is 22.2. The summed E-state index contributed by atoms with van der Waals surface area (Å²) in [6, 6.07) is 90.7. The molecule has 10 aromatic rings. The molecule has 10 aromatic carbocycles. The van der Waals surface area contributed by atoms with Crippen molar-refractivity contribution in [3.8, 4) is 77.9 Å². The Morgan fingerprint density at radius 2 is 0.578 bits per heavy atom. The molecule has 1 heteroatoms. The first-order chi connectivity index (χ1) is 31.5. The van der Waals surface area contributed by atoms with Crippen molar-refractivity contribution >= 4 is 17.1 Å². The highest BCUT2D eigenvalue weighted by atomic mass is 15.1. The lowest BCUT2D eigenvalue weighted by molar-refractivity contribution is 0.660. The number of anilines is 3. The normalized spacial score (nSPS) is 12.3. The molecule has 1 aliphatic carbocycles. The van der Waals surface area contributed by atoms with Crippen LogP contribution >= 0.6 is 0 Å². The first-order valence-corrected chi connectivity index (χ1v) is 22.2. The van der Waals surface area contributed by atoms with Crippen LogP contribution in [0.25, 0.3) is 77.9 Å². The molecule has 0 atom stereocenters. The molecule has 0 saturated carbocycles. The van der Waals surface area contributed by atoms with Gasteiger partial charge < -0.3 is 4.90 Å². The van der Waals surface area contributed by atoms with Gasteiger partial charge >= 0.3 is 0 Å². The van der Waals surface area contributed by atoms with Crippen LogP contribution in [0, 0.1) is 0 Å². The Bertz CT molecular complexity index is 3220. The minimum atomic E-state index is -0.211. The highest BCUT2D eigenvalue weighted by Gasteiger charge is 2.36. The van der Waals surface area contributed by atoms with Crippen LogP contribution in [0.5, 0.6) is 0 Å². The van der Waals surface area contributed by atoms with E-state index in [1.165, 1.54) is 89.0 Å². The number of fused-ring (bicyclic) bond motifs is 3. The summed E-state index contributed by atoms with van der Waals surface area (Å²) in [6.07, 6.45) is 0. The molecule has 0 fully saturated rings. The quantitative estimate of drug-likeness (QED) is 0.140. The number of rotatable bonds is 9. The summed E-state index contributed by atoms with van der Waals surface area (Å²) in [5.74, 6) is 0. The Balaban J connectivity index is 0.923. The van der Waals surface area contributed by atoms with E-state index in [1.54, 1.807) is 0 Å². The van der Waals surface area contributed by atoms with E-state index in [0.717, 1.165) is 17.1 Å². The van der Waals surface area contributed by atoms with Gasteiger partial charge in [-0.3, -0.25) is 0 Å². The molecule has 64 heavy (non-hydrogen) atoms. The molecule has 0 N–H and O–H groups in total. The molecule has 0 radical (unpaired) electrons. The van der Waals surface area contributed by atoms with E-state index in [9.17, 15) is 0 Å². The average Bonchev–Trinajstić information content (AvgIpc) is 3.60. The Hall–Kier alpha value is -8.00. The summed E-state index contributed by atoms with van der Waals surface area (Å²) in [5.41, 5.74) is 23.0. The fraction of sp³-hybridized carbons (Fsp3) is 0.0476. The Labute approximate surface area is 377 Å². The predicted molar refractivity (Wildman–Crippen MR) is 271 cm³/mol. The van der Waals surface area contributed by atoms with Gasteiger partial charge in [0.25, 0.3) is 0 Å². The van der Waals surface area contributed by atoms with E-state index in [1.807, 2.05) is 0 Å². The molecule has 0 heterocycles. The van der Waals surface area contributed by atoms with E-state index in [4.69, 9.17) is 0 Å². The van der Waals surface area contributed by atoms with Crippen LogP contribution in [0.3, 0.4) is 0 Å². The van der Waals surface area contributed by atoms with Gasteiger partial charge in [0.05, 0.1) is 5.69 Å². The van der Waals surface area contributed by atoms with Gasteiger partial charge in [-0.15, -0.1) is 0 Å². The lowest BCUT2D eigenvalue weighted by atomic mass is 9.81. The standard InChI is InChI=1S/C63H47N/c1-63(2)60-42-54(52-32-30-49(31-33-52)48-26-22-46(23-27-48)44-14-6-3-7-15-44)36-40-58(60)59-41-39-56(43-61(59)63)64(62-21-13-12-20-57(62)53-18-10-5-11-19-53)55-37-34-51(35-38-55)50-28-24-47(25-29-50)45-16-8-4-9-17-45/h3-43H,1-2H3. The van der Waals surface area contributed by atoms with E-state index in [2.05, 4.69) is 267 Å². The lowest BCUT2D eigenvalue weighted by Crippen LogP contribution is -2.17. The summed E-state index contributed by atoms with van der Waals surface area (Å²) in [4.78, 5) is 2.44. The number of benzene rings is 10. The maximum absolute atomic E-state index is 2.44. The van der Waals surface area contributed by atoms with Crippen LogP contribution in [0.1, 0.15) is 25.0 Å². The van der Waals surface area contributed by atoms with Crippen LogP contribution in [-0.4, -0.2) is 0 Å². The van der Waals surface area contributed by atoms with Crippen molar-refractivity contribution in [2.24, 2.45) is 0 Å². The maximum atomic E-state index is 2.44. The molecular formula is C63H47N. The van der Waals surface area contributed by atoms with Crippen molar-refractivity contribution in [3.05, 3.63) is 260 Å². The molecule has 0 amide bonds. The van der Waals surface area contributed by atoms with Gasteiger partial charge in [0.1, 0.15) is 0 Å². The summed E-state index contributed by atoms with van der Waals surface area (Å²) in [5, 5.41) is 0. The van der Waals surface area contributed by atoms with Crippen molar-refractivity contribution in [1.29, 1.82) is 0 Å². The second kappa shape index (κ2) is 16.4. The third kappa shape index (κ3) is 7.21. The van der Waals surface area contributed by atoms with Crippen LogP contribution in [0.2, 0.25) is 0 Å². The summed E-state index contributed by atoms with van der Waals surface area (Å²) < 4.78 is 0. The molecule has 1 aliphatic rings. The molecule has 0 spiro atoms. The molecule has 1 nitrogen and oxygen atoms in total. The van der Waals surface area contributed by atoms with Gasteiger partial charge in [-0.2, -0.15) is 0 Å². The molecule has 304 valence electrons. The molecule has 0 aliphatic heterocycles. The highest BCUT2D eigenvalue weighted by Crippen LogP contribution is 2.52. The Morgan fingerprint density at radius 1 is 0.250 bits per heavy atom. The largest absolute Gasteiger partial charge is 0.310 e. The number of hydrogen-bond acceptors (Lipinski definition) is 1. The maximum Gasteiger partial charge on any atom is 0.0540 e.